The number of halogens is 1. The van der Waals surface area contributed by atoms with Gasteiger partial charge in [0.2, 0.25) is 5.78 Å². The third kappa shape index (κ3) is 1.64. The fourth-order valence-electron chi connectivity index (χ4n) is 2.11. The first-order chi connectivity index (χ1) is 9.56. The van der Waals surface area contributed by atoms with Crippen molar-refractivity contribution in [1.82, 2.24) is 14.4 Å². The number of carboxylic acids is 1. The van der Waals surface area contributed by atoms with Gasteiger partial charge in [-0.3, -0.25) is 4.40 Å². The van der Waals surface area contributed by atoms with Crippen molar-refractivity contribution in [3.63, 3.8) is 0 Å². The maximum atomic E-state index is 11.1. The first-order valence-corrected chi connectivity index (χ1v) is 6.41. The molecule has 104 valence electrons. The van der Waals surface area contributed by atoms with Gasteiger partial charge in [0.25, 0.3) is 0 Å². The lowest BCUT2D eigenvalue weighted by Gasteiger charge is -2.07. The number of aromatic amines is 1. The van der Waals surface area contributed by atoms with Crippen LogP contribution in [0.5, 0.6) is 11.5 Å². The van der Waals surface area contributed by atoms with Crippen LogP contribution in [0.2, 0.25) is 0 Å². The molecule has 0 aliphatic rings. The van der Waals surface area contributed by atoms with Gasteiger partial charge in [-0.15, -0.1) is 0 Å². The number of hydrogen-bond acceptors (Lipinski definition) is 4. The number of aromatic carboxylic acids is 1. The summed E-state index contributed by atoms with van der Waals surface area (Å²) in [6, 6.07) is 3.53. The van der Waals surface area contributed by atoms with Gasteiger partial charge < -0.3 is 19.6 Å². The molecule has 0 atom stereocenters. The summed E-state index contributed by atoms with van der Waals surface area (Å²) in [5.41, 5.74) is 1.46. The summed E-state index contributed by atoms with van der Waals surface area (Å²) >= 11 is 3.26. The number of H-pyrrole nitrogens is 1. The zero-order valence-electron chi connectivity index (χ0n) is 10.6. The molecule has 0 amide bonds. The van der Waals surface area contributed by atoms with Crippen molar-refractivity contribution in [2.45, 2.75) is 0 Å². The molecule has 8 heteroatoms. The molecule has 0 spiro atoms. The molecule has 2 heterocycles. The van der Waals surface area contributed by atoms with Crippen LogP contribution < -0.4 is 9.47 Å². The molecule has 3 aromatic rings. The summed E-state index contributed by atoms with van der Waals surface area (Å²) in [6.07, 6.45) is 0. The minimum absolute atomic E-state index is 0.0482. The van der Waals surface area contributed by atoms with E-state index >= 15 is 0 Å². The number of methoxy groups -OCH3 is 2. The van der Waals surface area contributed by atoms with Gasteiger partial charge >= 0.3 is 5.97 Å². The van der Waals surface area contributed by atoms with Crippen LogP contribution in [0.3, 0.4) is 0 Å². The Morgan fingerprint density at radius 3 is 2.60 bits per heavy atom. The standard InChI is InChI=1S/C12H10BrN3O4/c1-19-7-3-5-6(4-8(7)20-2)16-10(13)9(11(17)18)15-12(16)14-5/h3-4H,1-2H3,(H,14,15)(H,17,18). The summed E-state index contributed by atoms with van der Waals surface area (Å²) in [6.45, 7) is 0. The number of rotatable bonds is 3. The number of hydrogen-bond donors (Lipinski definition) is 2. The number of ether oxygens (including phenoxy) is 2. The smallest absolute Gasteiger partial charge is 0.357 e. The molecule has 0 unspecified atom stereocenters. The lowest BCUT2D eigenvalue weighted by atomic mass is 10.2. The Hall–Kier alpha value is -2.22. The maximum absolute atomic E-state index is 11.1. The van der Waals surface area contributed by atoms with Crippen LogP contribution in [-0.4, -0.2) is 39.7 Å². The molecule has 20 heavy (non-hydrogen) atoms. The summed E-state index contributed by atoms with van der Waals surface area (Å²) in [5, 5.41) is 9.08. The van der Waals surface area contributed by atoms with Crippen molar-refractivity contribution in [1.29, 1.82) is 0 Å². The normalized spacial score (nSPS) is 11.2. The van der Waals surface area contributed by atoms with Gasteiger partial charge in [-0.1, -0.05) is 0 Å². The van der Waals surface area contributed by atoms with Gasteiger partial charge in [0.15, 0.2) is 17.2 Å². The lowest BCUT2D eigenvalue weighted by molar-refractivity contribution is 0.0690. The molecule has 0 aliphatic heterocycles. The first-order valence-electron chi connectivity index (χ1n) is 5.61. The summed E-state index contributed by atoms with van der Waals surface area (Å²) < 4.78 is 12.5. The fraction of sp³-hybridized carbons (Fsp3) is 0.167. The van der Waals surface area contributed by atoms with Crippen LogP contribution in [0.1, 0.15) is 10.5 Å². The molecule has 0 saturated heterocycles. The second-order valence-electron chi connectivity index (χ2n) is 4.06. The Kier molecular flexibility index (Phi) is 2.82. The number of fused-ring (bicyclic) bond motifs is 3. The van der Waals surface area contributed by atoms with Crippen molar-refractivity contribution in [2.24, 2.45) is 0 Å². The molecule has 0 radical (unpaired) electrons. The number of nitrogens with one attached hydrogen (secondary N) is 1. The monoisotopic (exact) mass is 339 g/mol. The molecule has 0 aliphatic carbocycles. The van der Waals surface area contributed by atoms with Gasteiger partial charge in [0, 0.05) is 12.1 Å². The highest BCUT2D eigenvalue weighted by molar-refractivity contribution is 9.10. The van der Waals surface area contributed by atoms with Gasteiger partial charge in [0.05, 0.1) is 25.3 Å². The Bertz CT molecular complexity index is 836. The minimum atomic E-state index is -1.09. The number of aromatic nitrogens is 3. The molecule has 0 saturated carbocycles. The van der Waals surface area contributed by atoms with Crippen LogP contribution >= 0.6 is 15.9 Å². The van der Waals surface area contributed by atoms with Crippen molar-refractivity contribution in [3.05, 3.63) is 22.4 Å². The van der Waals surface area contributed by atoms with Gasteiger partial charge in [0.1, 0.15) is 4.60 Å². The summed E-state index contributed by atoms with van der Waals surface area (Å²) in [4.78, 5) is 18.2. The third-order valence-corrected chi connectivity index (χ3v) is 3.74. The molecule has 2 N–H and O–H groups in total. The van der Waals surface area contributed by atoms with Crippen molar-refractivity contribution in [3.8, 4) is 11.5 Å². The Balaban J connectivity index is 2.39. The third-order valence-electron chi connectivity index (χ3n) is 3.01. The SMILES string of the molecule is COc1cc2[nH]c3nc(C(=O)O)c(Br)n3c2cc1OC. The van der Waals surface area contributed by atoms with E-state index in [1.54, 1.807) is 30.8 Å². The van der Waals surface area contributed by atoms with E-state index in [0.717, 1.165) is 11.0 Å². The number of nitrogens with zero attached hydrogens (tertiary/aromatic N) is 2. The van der Waals surface area contributed by atoms with Crippen molar-refractivity contribution >= 4 is 38.7 Å². The molecule has 1 aromatic carbocycles. The van der Waals surface area contributed by atoms with Gasteiger partial charge in [-0.2, -0.15) is 0 Å². The Morgan fingerprint density at radius 2 is 2.00 bits per heavy atom. The van der Waals surface area contributed by atoms with Crippen LogP contribution in [0.15, 0.2) is 16.7 Å². The number of imidazole rings is 2. The Morgan fingerprint density at radius 1 is 1.35 bits per heavy atom. The molecule has 7 nitrogen and oxygen atoms in total. The maximum Gasteiger partial charge on any atom is 0.357 e. The fourth-order valence-corrected chi connectivity index (χ4v) is 2.73. The van der Waals surface area contributed by atoms with Crippen LogP contribution in [-0.2, 0) is 0 Å². The lowest BCUT2D eigenvalue weighted by Crippen LogP contribution is -1.98. The predicted octanol–water partition coefficient (Wildman–Crippen LogP) is 2.29. The molecular weight excluding hydrogens is 330 g/mol. The average molecular weight is 340 g/mol. The van der Waals surface area contributed by atoms with Crippen molar-refractivity contribution < 1.29 is 19.4 Å². The highest BCUT2D eigenvalue weighted by Crippen LogP contribution is 2.34. The van der Waals surface area contributed by atoms with E-state index in [1.807, 2.05) is 0 Å². The van der Waals surface area contributed by atoms with E-state index in [2.05, 4.69) is 25.9 Å². The Labute approximate surface area is 121 Å². The van der Waals surface area contributed by atoms with Crippen LogP contribution in [0.4, 0.5) is 0 Å². The highest BCUT2D eigenvalue weighted by Gasteiger charge is 2.20. The molecule has 2 aromatic heterocycles. The predicted molar refractivity (Wildman–Crippen MR) is 74.8 cm³/mol. The molecule has 3 rings (SSSR count). The minimum Gasteiger partial charge on any atom is -0.493 e. The topological polar surface area (TPSA) is 88.8 Å². The van der Waals surface area contributed by atoms with E-state index in [0.29, 0.717) is 21.9 Å². The zero-order valence-corrected chi connectivity index (χ0v) is 12.2. The van der Waals surface area contributed by atoms with Crippen LogP contribution in [0, 0.1) is 0 Å². The van der Waals surface area contributed by atoms with E-state index in [-0.39, 0.29) is 5.69 Å². The first kappa shape index (κ1) is 12.8. The second kappa shape index (κ2) is 4.41. The van der Waals surface area contributed by atoms with Gasteiger partial charge in [-0.25, -0.2) is 9.78 Å². The van der Waals surface area contributed by atoms with Crippen molar-refractivity contribution in [2.75, 3.05) is 14.2 Å². The second-order valence-corrected chi connectivity index (χ2v) is 4.82. The van der Waals surface area contributed by atoms with E-state index in [1.165, 1.54) is 0 Å². The quantitative estimate of drug-likeness (QED) is 0.764. The van der Waals surface area contributed by atoms with Gasteiger partial charge in [-0.05, 0) is 15.9 Å². The average Bonchev–Trinajstić information content (AvgIpc) is 2.93. The van der Waals surface area contributed by atoms with E-state index in [9.17, 15) is 4.79 Å². The molecular formula is C12H10BrN3O4. The number of carbonyl (C=O) groups is 1. The summed E-state index contributed by atoms with van der Waals surface area (Å²) in [7, 11) is 3.09. The highest BCUT2D eigenvalue weighted by atomic mass is 79.9. The number of benzene rings is 1. The van der Waals surface area contributed by atoms with Crippen LogP contribution in [0.25, 0.3) is 16.8 Å². The van der Waals surface area contributed by atoms with E-state index < -0.39 is 5.97 Å². The molecule has 0 fully saturated rings. The zero-order chi connectivity index (χ0) is 14.4. The molecule has 0 bridgehead atoms. The van der Waals surface area contributed by atoms with E-state index in [4.69, 9.17) is 14.6 Å². The summed E-state index contributed by atoms with van der Waals surface area (Å²) in [5.74, 6) is 0.472. The number of carboxylic acid groups (broad SMARTS) is 1. The largest absolute Gasteiger partial charge is 0.493 e.